The molecule has 3 nitrogen and oxygen atoms in total. The van der Waals surface area contributed by atoms with Crippen LogP contribution >= 0.6 is 0 Å². The topological polar surface area (TPSA) is 41.5 Å². The van der Waals surface area contributed by atoms with E-state index in [9.17, 15) is 5.11 Å². The first-order chi connectivity index (χ1) is 6.05. The summed E-state index contributed by atoms with van der Waals surface area (Å²) < 4.78 is 5.29. The summed E-state index contributed by atoms with van der Waals surface area (Å²) >= 11 is 0. The molecule has 0 radical (unpaired) electrons. The molecular weight excluding hydrogens is 166 g/mol. The van der Waals surface area contributed by atoms with Crippen molar-refractivity contribution in [1.29, 1.82) is 0 Å². The van der Waals surface area contributed by atoms with Crippen LogP contribution in [0.25, 0.3) is 0 Å². The quantitative estimate of drug-likeness (QED) is 0.687. The molecular formula is C10H21NO2. The lowest BCUT2D eigenvalue weighted by Gasteiger charge is -2.26. The van der Waals surface area contributed by atoms with Crippen LogP contribution in [0.1, 0.15) is 33.1 Å². The third-order valence-corrected chi connectivity index (χ3v) is 2.82. The fourth-order valence-corrected chi connectivity index (χ4v) is 1.63. The molecule has 13 heavy (non-hydrogen) atoms. The Morgan fingerprint density at radius 2 is 2.15 bits per heavy atom. The molecule has 1 saturated carbocycles. The van der Waals surface area contributed by atoms with Crippen LogP contribution in [0.5, 0.6) is 0 Å². The Bertz CT molecular complexity index is 159. The number of rotatable bonds is 4. The molecule has 2 unspecified atom stereocenters. The maximum absolute atomic E-state index is 9.56. The van der Waals surface area contributed by atoms with Crippen molar-refractivity contribution in [3.63, 3.8) is 0 Å². The fraction of sp³-hybridized carbons (Fsp3) is 1.00. The molecule has 0 saturated heterocycles. The van der Waals surface area contributed by atoms with Crippen LogP contribution in [-0.2, 0) is 4.74 Å². The van der Waals surface area contributed by atoms with E-state index in [4.69, 9.17) is 4.74 Å². The van der Waals surface area contributed by atoms with Crippen LogP contribution in [0.4, 0.5) is 0 Å². The van der Waals surface area contributed by atoms with Gasteiger partial charge in [0.15, 0.2) is 0 Å². The molecule has 1 fully saturated rings. The lowest BCUT2D eigenvalue weighted by molar-refractivity contribution is 0.0170. The first-order valence-electron chi connectivity index (χ1n) is 5.02. The molecule has 0 aliphatic heterocycles. The number of hydrogen-bond donors (Lipinski definition) is 2. The summed E-state index contributed by atoms with van der Waals surface area (Å²) in [5, 5.41) is 12.9. The van der Waals surface area contributed by atoms with Gasteiger partial charge in [0, 0.05) is 19.7 Å². The highest BCUT2D eigenvalue weighted by molar-refractivity contribution is 4.85. The number of aliphatic hydroxyl groups excluding tert-OH is 1. The molecule has 2 atom stereocenters. The van der Waals surface area contributed by atoms with E-state index in [2.05, 4.69) is 5.32 Å². The molecule has 0 bridgehead atoms. The molecule has 0 amide bonds. The summed E-state index contributed by atoms with van der Waals surface area (Å²) in [5.74, 6) is 0. The summed E-state index contributed by atoms with van der Waals surface area (Å²) in [6, 6.07) is 0.273. The summed E-state index contributed by atoms with van der Waals surface area (Å²) in [6.07, 6.45) is 2.99. The molecule has 0 spiro atoms. The van der Waals surface area contributed by atoms with Crippen molar-refractivity contribution < 1.29 is 9.84 Å². The van der Waals surface area contributed by atoms with E-state index in [0.29, 0.717) is 0 Å². The highest BCUT2D eigenvalue weighted by Crippen LogP contribution is 2.19. The zero-order valence-corrected chi connectivity index (χ0v) is 8.84. The summed E-state index contributed by atoms with van der Waals surface area (Å²) in [4.78, 5) is 0. The van der Waals surface area contributed by atoms with Crippen LogP contribution in [-0.4, -0.2) is 36.5 Å². The van der Waals surface area contributed by atoms with Gasteiger partial charge in [0.1, 0.15) is 0 Å². The van der Waals surface area contributed by atoms with E-state index >= 15 is 0 Å². The van der Waals surface area contributed by atoms with Crippen LogP contribution < -0.4 is 5.32 Å². The van der Waals surface area contributed by atoms with Gasteiger partial charge in [0.25, 0.3) is 0 Å². The van der Waals surface area contributed by atoms with Gasteiger partial charge in [0.05, 0.1) is 11.7 Å². The van der Waals surface area contributed by atoms with Gasteiger partial charge in [-0.2, -0.15) is 0 Å². The molecule has 0 heterocycles. The van der Waals surface area contributed by atoms with E-state index in [1.165, 1.54) is 0 Å². The van der Waals surface area contributed by atoms with Gasteiger partial charge in [-0.15, -0.1) is 0 Å². The standard InChI is InChI=1S/C10H21NO2/c1-10(2,13-3)7-11-8-5-4-6-9(8)12/h8-9,11-12H,4-7H2,1-3H3. The predicted molar refractivity (Wildman–Crippen MR) is 52.7 cm³/mol. The van der Waals surface area contributed by atoms with Crippen LogP contribution in [0, 0.1) is 0 Å². The molecule has 1 aliphatic rings. The minimum atomic E-state index is -0.160. The Hall–Kier alpha value is -0.120. The largest absolute Gasteiger partial charge is 0.392 e. The number of hydrogen-bond acceptors (Lipinski definition) is 3. The maximum atomic E-state index is 9.56. The van der Waals surface area contributed by atoms with Crippen molar-refractivity contribution in [3.8, 4) is 0 Å². The zero-order chi connectivity index (χ0) is 9.90. The van der Waals surface area contributed by atoms with Crippen molar-refractivity contribution in [2.75, 3.05) is 13.7 Å². The van der Waals surface area contributed by atoms with Gasteiger partial charge in [-0.1, -0.05) is 0 Å². The third kappa shape index (κ3) is 3.25. The molecule has 3 heteroatoms. The Balaban J connectivity index is 2.25. The van der Waals surface area contributed by atoms with Gasteiger partial charge < -0.3 is 15.2 Å². The highest BCUT2D eigenvalue weighted by atomic mass is 16.5. The minimum Gasteiger partial charge on any atom is -0.392 e. The van der Waals surface area contributed by atoms with E-state index in [1.54, 1.807) is 7.11 Å². The number of methoxy groups -OCH3 is 1. The highest BCUT2D eigenvalue weighted by Gasteiger charge is 2.26. The van der Waals surface area contributed by atoms with Crippen LogP contribution in [0.2, 0.25) is 0 Å². The summed E-state index contributed by atoms with van der Waals surface area (Å²) in [5.41, 5.74) is -0.137. The summed E-state index contributed by atoms with van der Waals surface area (Å²) in [7, 11) is 1.72. The van der Waals surface area contributed by atoms with Crippen molar-refractivity contribution in [1.82, 2.24) is 5.32 Å². The monoisotopic (exact) mass is 187 g/mol. The lowest BCUT2D eigenvalue weighted by atomic mass is 10.1. The lowest BCUT2D eigenvalue weighted by Crippen LogP contribution is -2.44. The zero-order valence-electron chi connectivity index (χ0n) is 8.84. The third-order valence-electron chi connectivity index (χ3n) is 2.82. The van der Waals surface area contributed by atoms with E-state index < -0.39 is 0 Å². The average molecular weight is 187 g/mol. The van der Waals surface area contributed by atoms with E-state index in [0.717, 1.165) is 25.8 Å². The van der Waals surface area contributed by atoms with E-state index in [-0.39, 0.29) is 17.7 Å². The van der Waals surface area contributed by atoms with Gasteiger partial charge in [-0.3, -0.25) is 0 Å². The Kier molecular flexibility index (Phi) is 3.71. The molecule has 0 aromatic rings. The van der Waals surface area contributed by atoms with Crippen molar-refractivity contribution >= 4 is 0 Å². The smallest absolute Gasteiger partial charge is 0.0746 e. The molecule has 1 aliphatic carbocycles. The molecule has 1 rings (SSSR count). The van der Waals surface area contributed by atoms with Crippen molar-refractivity contribution in [2.45, 2.75) is 50.9 Å². The second-order valence-corrected chi connectivity index (χ2v) is 4.45. The SMILES string of the molecule is COC(C)(C)CNC1CCCC1O. The first-order valence-corrected chi connectivity index (χ1v) is 5.02. The minimum absolute atomic E-state index is 0.137. The molecule has 2 N–H and O–H groups in total. The van der Waals surface area contributed by atoms with Gasteiger partial charge in [-0.05, 0) is 33.1 Å². The Labute approximate surface area is 80.5 Å². The van der Waals surface area contributed by atoms with Crippen LogP contribution in [0.15, 0.2) is 0 Å². The van der Waals surface area contributed by atoms with Crippen molar-refractivity contribution in [2.24, 2.45) is 0 Å². The first kappa shape index (κ1) is 11.0. The molecule has 78 valence electrons. The second-order valence-electron chi connectivity index (χ2n) is 4.45. The van der Waals surface area contributed by atoms with E-state index in [1.807, 2.05) is 13.8 Å². The number of ether oxygens (including phenoxy) is 1. The number of nitrogens with one attached hydrogen (secondary N) is 1. The van der Waals surface area contributed by atoms with Gasteiger partial charge >= 0.3 is 0 Å². The van der Waals surface area contributed by atoms with Gasteiger partial charge in [-0.25, -0.2) is 0 Å². The Morgan fingerprint density at radius 3 is 2.62 bits per heavy atom. The predicted octanol–water partition coefficient (Wildman–Crippen LogP) is 0.914. The van der Waals surface area contributed by atoms with Gasteiger partial charge in [0.2, 0.25) is 0 Å². The van der Waals surface area contributed by atoms with Crippen molar-refractivity contribution in [3.05, 3.63) is 0 Å². The second kappa shape index (κ2) is 4.40. The summed E-state index contributed by atoms with van der Waals surface area (Å²) in [6.45, 7) is 4.88. The maximum Gasteiger partial charge on any atom is 0.0746 e. The fourth-order valence-electron chi connectivity index (χ4n) is 1.63. The average Bonchev–Trinajstić information content (AvgIpc) is 2.48. The molecule has 0 aromatic carbocycles. The normalized spacial score (nSPS) is 29.5. The number of aliphatic hydroxyl groups is 1. The van der Waals surface area contributed by atoms with Crippen LogP contribution in [0.3, 0.4) is 0 Å². The molecule has 0 aromatic heterocycles. The Morgan fingerprint density at radius 1 is 1.46 bits per heavy atom.